The molecule has 0 aliphatic rings. The molecule has 0 heterocycles. The van der Waals surface area contributed by atoms with Gasteiger partial charge in [0.05, 0.1) is 6.10 Å². The number of aliphatic hydroxyl groups is 2. The van der Waals surface area contributed by atoms with Crippen LogP contribution in [0.2, 0.25) is 0 Å². The van der Waals surface area contributed by atoms with Crippen molar-refractivity contribution in [2.45, 2.75) is 50.7 Å². The number of aryl methyl sites for hydroxylation is 1. The molecule has 0 bridgehead atoms. The van der Waals surface area contributed by atoms with E-state index in [0.29, 0.717) is 12.8 Å². The number of amides is 2. The SMILES string of the molecule is CC(O)(CC[C@H](C[C@@H](O)CCc1cccc(F)c1)C(N)=O)C(N)=O. The number of rotatable bonds is 10. The molecule has 0 saturated carbocycles. The molecule has 0 aromatic heterocycles. The summed E-state index contributed by atoms with van der Waals surface area (Å²) in [5.41, 5.74) is 9.42. The molecular formula is C17H25FN2O4. The summed E-state index contributed by atoms with van der Waals surface area (Å²) < 4.78 is 13.1. The Labute approximate surface area is 140 Å². The fourth-order valence-electron chi connectivity index (χ4n) is 2.43. The van der Waals surface area contributed by atoms with Crippen LogP contribution in [0.1, 0.15) is 38.2 Å². The molecule has 0 aliphatic carbocycles. The van der Waals surface area contributed by atoms with E-state index < -0.39 is 29.4 Å². The van der Waals surface area contributed by atoms with Crippen molar-refractivity contribution >= 4 is 11.8 Å². The standard InChI is InChI=1S/C17H25FN2O4/c1-17(24,16(20)23)8-7-12(15(19)22)10-14(21)6-5-11-3-2-4-13(18)9-11/h2-4,9,12,14,21,24H,5-8,10H2,1H3,(H2,19,22)(H2,20,23)/t12-,14+,17?/m1/s1. The summed E-state index contributed by atoms with van der Waals surface area (Å²) in [7, 11) is 0. The molecule has 1 aromatic carbocycles. The van der Waals surface area contributed by atoms with Crippen molar-refractivity contribution in [2.75, 3.05) is 0 Å². The summed E-state index contributed by atoms with van der Waals surface area (Å²) >= 11 is 0. The Morgan fingerprint density at radius 2 is 1.96 bits per heavy atom. The van der Waals surface area contributed by atoms with E-state index in [9.17, 15) is 24.2 Å². The first-order valence-electron chi connectivity index (χ1n) is 7.86. The lowest BCUT2D eigenvalue weighted by Gasteiger charge is -2.23. The van der Waals surface area contributed by atoms with Gasteiger partial charge in [-0.25, -0.2) is 4.39 Å². The smallest absolute Gasteiger partial charge is 0.249 e. The molecule has 24 heavy (non-hydrogen) atoms. The van der Waals surface area contributed by atoms with Crippen LogP contribution in [0.25, 0.3) is 0 Å². The highest BCUT2D eigenvalue weighted by molar-refractivity contribution is 5.82. The van der Waals surface area contributed by atoms with Crippen molar-refractivity contribution in [3.05, 3.63) is 35.6 Å². The van der Waals surface area contributed by atoms with Gasteiger partial charge in [0, 0.05) is 5.92 Å². The zero-order valence-electron chi connectivity index (χ0n) is 13.7. The monoisotopic (exact) mass is 340 g/mol. The van der Waals surface area contributed by atoms with E-state index in [-0.39, 0.29) is 25.1 Å². The maximum Gasteiger partial charge on any atom is 0.249 e. The van der Waals surface area contributed by atoms with Crippen molar-refractivity contribution in [1.82, 2.24) is 0 Å². The van der Waals surface area contributed by atoms with Crippen LogP contribution in [0.5, 0.6) is 0 Å². The Morgan fingerprint density at radius 1 is 1.29 bits per heavy atom. The number of primary amides is 2. The predicted octanol–water partition coefficient (Wildman–Crippen LogP) is 0.627. The second kappa shape index (κ2) is 8.75. The largest absolute Gasteiger partial charge is 0.393 e. The molecule has 7 heteroatoms. The molecule has 0 saturated heterocycles. The average molecular weight is 340 g/mol. The summed E-state index contributed by atoms with van der Waals surface area (Å²) in [6, 6.07) is 6.08. The van der Waals surface area contributed by atoms with Gasteiger partial charge in [0.1, 0.15) is 11.4 Å². The van der Waals surface area contributed by atoms with Gasteiger partial charge in [-0.1, -0.05) is 12.1 Å². The maximum absolute atomic E-state index is 13.1. The summed E-state index contributed by atoms with van der Waals surface area (Å²) in [4.78, 5) is 22.6. The van der Waals surface area contributed by atoms with Crippen LogP contribution in [0.15, 0.2) is 24.3 Å². The van der Waals surface area contributed by atoms with Gasteiger partial charge < -0.3 is 21.7 Å². The van der Waals surface area contributed by atoms with Crippen LogP contribution < -0.4 is 11.5 Å². The minimum atomic E-state index is -1.72. The highest BCUT2D eigenvalue weighted by Gasteiger charge is 2.30. The van der Waals surface area contributed by atoms with Crippen LogP contribution in [0.3, 0.4) is 0 Å². The first kappa shape index (κ1) is 20.1. The summed E-state index contributed by atoms with van der Waals surface area (Å²) in [6.45, 7) is 1.27. The normalized spacial score (nSPS) is 16.2. The molecule has 3 atom stereocenters. The number of halogens is 1. The zero-order chi connectivity index (χ0) is 18.3. The van der Waals surface area contributed by atoms with Crippen molar-refractivity contribution < 1.29 is 24.2 Å². The van der Waals surface area contributed by atoms with Crippen LogP contribution in [-0.2, 0) is 16.0 Å². The Hall–Kier alpha value is -1.99. The van der Waals surface area contributed by atoms with E-state index in [4.69, 9.17) is 11.5 Å². The van der Waals surface area contributed by atoms with Crippen molar-refractivity contribution in [3.8, 4) is 0 Å². The van der Waals surface area contributed by atoms with E-state index in [2.05, 4.69) is 0 Å². The van der Waals surface area contributed by atoms with Crippen LogP contribution in [0, 0.1) is 11.7 Å². The number of nitrogens with two attached hydrogens (primary N) is 2. The minimum Gasteiger partial charge on any atom is -0.393 e. The molecule has 0 spiro atoms. The lowest BCUT2D eigenvalue weighted by Crippen LogP contribution is -2.42. The minimum absolute atomic E-state index is 0.0213. The zero-order valence-corrected chi connectivity index (χ0v) is 13.7. The molecule has 1 aromatic rings. The third kappa shape index (κ3) is 6.64. The molecular weight excluding hydrogens is 315 g/mol. The third-order valence-corrected chi connectivity index (χ3v) is 4.12. The maximum atomic E-state index is 13.1. The second-order valence-electron chi connectivity index (χ2n) is 6.33. The second-order valence-corrected chi connectivity index (χ2v) is 6.33. The quantitative estimate of drug-likeness (QED) is 0.498. The number of hydrogen-bond donors (Lipinski definition) is 4. The molecule has 1 unspecified atom stereocenters. The van der Waals surface area contributed by atoms with Gasteiger partial charge >= 0.3 is 0 Å². The highest BCUT2D eigenvalue weighted by atomic mass is 19.1. The van der Waals surface area contributed by atoms with E-state index in [1.54, 1.807) is 12.1 Å². The predicted molar refractivity (Wildman–Crippen MR) is 87.1 cm³/mol. The molecule has 0 fully saturated rings. The summed E-state index contributed by atoms with van der Waals surface area (Å²) in [5, 5.41) is 19.9. The first-order chi connectivity index (χ1) is 11.1. The van der Waals surface area contributed by atoms with E-state index in [0.717, 1.165) is 5.56 Å². The Bertz CT molecular complexity index is 577. The van der Waals surface area contributed by atoms with Crippen molar-refractivity contribution in [1.29, 1.82) is 0 Å². The van der Waals surface area contributed by atoms with Gasteiger partial charge in [0.15, 0.2) is 0 Å². The average Bonchev–Trinajstić information content (AvgIpc) is 2.49. The number of benzene rings is 1. The Kier molecular flexibility index (Phi) is 7.31. The molecule has 1 rings (SSSR count). The third-order valence-electron chi connectivity index (χ3n) is 4.12. The van der Waals surface area contributed by atoms with Crippen molar-refractivity contribution in [2.24, 2.45) is 17.4 Å². The van der Waals surface area contributed by atoms with Gasteiger partial charge in [-0.05, 0) is 56.7 Å². The Morgan fingerprint density at radius 3 is 2.50 bits per heavy atom. The van der Waals surface area contributed by atoms with Crippen molar-refractivity contribution in [3.63, 3.8) is 0 Å². The summed E-state index contributed by atoms with van der Waals surface area (Å²) in [5.74, 6) is -2.51. The molecule has 0 aliphatic heterocycles. The number of carbonyl (C=O) groups excluding carboxylic acids is 2. The van der Waals surface area contributed by atoms with Gasteiger partial charge in [-0.3, -0.25) is 9.59 Å². The van der Waals surface area contributed by atoms with Crippen LogP contribution in [-0.4, -0.2) is 33.7 Å². The van der Waals surface area contributed by atoms with E-state index >= 15 is 0 Å². The van der Waals surface area contributed by atoms with Crippen LogP contribution >= 0.6 is 0 Å². The van der Waals surface area contributed by atoms with Gasteiger partial charge in [0.2, 0.25) is 11.8 Å². The molecule has 6 N–H and O–H groups in total. The first-order valence-corrected chi connectivity index (χ1v) is 7.86. The lowest BCUT2D eigenvalue weighted by molar-refractivity contribution is -0.136. The van der Waals surface area contributed by atoms with Gasteiger partial charge in [-0.15, -0.1) is 0 Å². The number of hydrogen-bond acceptors (Lipinski definition) is 4. The molecule has 0 radical (unpaired) electrons. The topological polar surface area (TPSA) is 127 Å². The van der Waals surface area contributed by atoms with Crippen LogP contribution in [0.4, 0.5) is 4.39 Å². The number of aliphatic hydroxyl groups excluding tert-OH is 1. The van der Waals surface area contributed by atoms with Gasteiger partial charge in [-0.2, -0.15) is 0 Å². The van der Waals surface area contributed by atoms with Gasteiger partial charge in [0.25, 0.3) is 0 Å². The molecule has 134 valence electrons. The molecule has 2 amide bonds. The summed E-state index contributed by atoms with van der Waals surface area (Å²) in [6.07, 6.45) is 0.237. The number of carbonyl (C=O) groups is 2. The highest BCUT2D eigenvalue weighted by Crippen LogP contribution is 2.21. The fraction of sp³-hybridized carbons (Fsp3) is 0.529. The lowest BCUT2D eigenvalue weighted by atomic mass is 9.88. The molecule has 6 nitrogen and oxygen atoms in total. The van der Waals surface area contributed by atoms with E-state index in [1.807, 2.05) is 0 Å². The Balaban J connectivity index is 2.52. The fourth-order valence-corrected chi connectivity index (χ4v) is 2.43. The van der Waals surface area contributed by atoms with E-state index in [1.165, 1.54) is 19.1 Å².